The lowest BCUT2D eigenvalue weighted by molar-refractivity contribution is 0.122. The Balaban J connectivity index is 1.34. The number of nitrogens with zero attached hydrogens (tertiary/aromatic N) is 5. The molecular formula is C30H30ClFN6O2. The molecule has 5 rings (SSSR count). The molecule has 0 bridgehead atoms. The standard InChI is InChI=1S/C30H30ClFN6O2/c1-19(2)25-16-28(35-23-7-3-5-20(13-23)21-6-4-8-24(39)14-21)26(31)15-22(25)17-34-37-30-33-18-27(32)29(36-30)38-9-11-40-12-10-38/h3-8,13-16,18-19,35,39H,9-12,17H2,1-2H3. The topological polar surface area (TPSA) is 95.2 Å². The van der Waals surface area contributed by atoms with Crippen LogP contribution in [0, 0.1) is 5.82 Å². The van der Waals surface area contributed by atoms with E-state index in [0.717, 1.165) is 39.8 Å². The highest BCUT2D eigenvalue weighted by molar-refractivity contribution is 6.33. The molecule has 2 heterocycles. The second-order valence-electron chi connectivity index (χ2n) is 9.78. The Kier molecular flexibility index (Phi) is 8.52. The van der Waals surface area contributed by atoms with E-state index in [1.165, 1.54) is 0 Å². The molecule has 0 aliphatic carbocycles. The Morgan fingerprint density at radius 2 is 1.82 bits per heavy atom. The van der Waals surface area contributed by atoms with E-state index in [-0.39, 0.29) is 30.0 Å². The molecule has 1 fully saturated rings. The molecular weight excluding hydrogens is 531 g/mol. The average Bonchev–Trinajstić information content (AvgIpc) is 2.96. The van der Waals surface area contributed by atoms with Gasteiger partial charge in [-0.15, -0.1) is 5.11 Å². The summed E-state index contributed by atoms with van der Waals surface area (Å²) < 4.78 is 19.7. The van der Waals surface area contributed by atoms with E-state index in [0.29, 0.717) is 31.3 Å². The van der Waals surface area contributed by atoms with Crippen LogP contribution < -0.4 is 10.2 Å². The number of azo groups is 1. The number of rotatable bonds is 8. The van der Waals surface area contributed by atoms with Gasteiger partial charge in [0.2, 0.25) is 0 Å². The number of ether oxygens (including phenoxy) is 1. The number of phenols is 1. The lowest BCUT2D eigenvalue weighted by Gasteiger charge is -2.27. The van der Waals surface area contributed by atoms with Crippen LogP contribution in [0.25, 0.3) is 11.1 Å². The lowest BCUT2D eigenvalue weighted by Crippen LogP contribution is -2.37. The van der Waals surface area contributed by atoms with Crippen molar-refractivity contribution in [2.24, 2.45) is 10.2 Å². The molecule has 206 valence electrons. The maximum atomic E-state index is 14.3. The van der Waals surface area contributed by atoms with Crippen LogP contribution in [0.15, 0.2) is 77.1 Å². The first-order valence-corrected chi connectivity index (χ1v) is 13.5. The van der Waals surface area contributed by atoms with E-state index in [4.69, 9.17) is 16.3 Å². The van der Waals surface area contributed by atoms with Crippen molar-refractivity contribution in [1.82, 2.24) is 9.97 Å². The maximum Gasteiger partial charge on any atom is 0.270 e. The Morgan fingerprint density at radius 1 is 1.07 bits per heavy atom. The van der Waals surface area contributed by atoms with Crippen LogP contribution in [-0.4, -0.2) is 41.4 Å². The molecule has 2 N–H and O–H groups in total. The second kappa shape index (κ2) is 12.4. The van der Waals surface area contributed by atoms with E-state index in [9.17, 15) is 9.50 Å². The predicted octanol–water partition coefficient (Wildman–Crippen LogP) is 7.63. The third-order valence-corrected chi connectivity index (χ3v) is 6.91. The zero-order valence-electron chi connectivity index (χ0n) is 22.3. The normalized spacial score (nSPS) is 13.8. The molecule has 4 aromatic rings. The number of hydrogen-bond donors (Lipinski definition) is 2. The molecule has 1 aliphatic rings. The fraction of sp³-hybridized carbons (Fsp3) is 0.267. The summed E-state index contributed by atoms with van der Waals surface area (Å²) >= 11 is 6.70. The molecule has 8 nitrogen and oxygen atoms in total. The van der Waals surface area contributed by atoms with Gasteiger partial charge in [0.25, 0.3) is 5.95 Å². The molecule has 3 aromatic carbocycles. The number of aromatic nitrogens is 2. The first-order valence-electron chi connectivity index (χ1n) is 13.1. The Hall–Kier alpha value is -4.08. The van der Waals surface area contributed by atoms with Crippen LogP contribution in [0.3, 0.4) is 0 Å². The number of benzene rings is 3. The summed E-state index contributed by atoms with van der Waals surface area (Å²) in [6.45, 7) is 6.64. The van der Waals surface area contributed by atoms with Crippen molar-refractivity contribution in [2.45, 2.75) is 26.3 Å². The molecule has 0 spiro atoms. The zero-order valence-corrected chi connectivity index (χ0v) is 23.1. The van der Waals surface area contributed by atoms with Gasteiger partial charge in [-0.3, -0.25) is 0 Å². The number of halogens is 2. The summed E-state index contributed by atoms with van der Waals surface area (Å²) in [7, 11) is 0. The predicted molar refractivity (Wildman–Crippen MR) is 156 cm³/mol. The Morgan fingerprint density at radius 3 is 2.58 bits per heavy atom. The van der Waals surface area contributed by atoms with Gasteiger partial charge in [-0.2, -0.15) is 10.1 Å². The zero-order chi connectivity index (χ0) is 28.1. The van der Waals surface area contributed by atoms with Crippen molar-refractivity contribution in [1.29, 1.82) is 0 Å². The summed E-state index contributed by atoms with van der Waals surface area (Å²) in [5, 5.41) is 22.3. The van der Waals surface area contributed by atoms with Gasteiger partial charge in [-0.1, -0.05) is 49.7 Å². The van der Waals surface area contributed by atoms with Gasteiger partial charge in [0.05, 0.1) is 36.7 Å². The third-order valence-electron chi connectivity index (χ3n) is 6.60. The number of aromatic hydroxyl groups is 1. The molecule has 10 heteroatoms. The maximum absolute atomic E-state index is 14.3. The third kappa shape index (κ3) is 6.55. The number of hydrogen-bond acceptors (Lipinski definition) is 8. The molecule has 0 unspecified atom stereocenters. The van der Waals surface area contributed by atoms with E-state index in [2.05, 4.69) is 39.4 Å². The van der Waals surface area contributed by atoms with Gasteiger partial charge in [-0.25, -0.2) is 9.37 Å². The quantitative estimate of drug-likeness (QED) is 0.215. The summed E-state index contributed by atoms with van der Waals surface area (Å²) in [5.41, 5.74) is 5.53. The number of nitrogens with one attached hydrogen (secondary N) is 1. The highest BCUT2D eigenvalue weighted by atomic mass is 35.5. The van der Waals surface area contributed by atoms with Crippen molar-refractivity contribution in [3.8, 4) is 16.9 Å². The van der Waals surface area contributed by atoms with Gasteiger partial charge in [0.1, 0.15) is 5.75 Å². The van der Waals surface area contributed by atoms with Crippen LogP contribution in [0.2, 0.25) is 5.02 Å². The average molecular weight is 561 g/mol. The fourth-order valence-electron chi connectivity index (χ4n) is 4.59. The molecule has 0 radical (unpaired) electrons. The van der Waals surface area contributed by atoms with Crippen LogP contribution in [0.1, 0.15) is 30.9 Å². The second-order valence-corrected chi connectivity index (χ2v) is 10.2. The minimum Gasteiger partial charge on any atom is -0.508 e. The minimum absolute atomic E-state index is 0.102. The summed E-state index contributed by atoms with van der Waals surface area (Å²) in [6, 6.07) is 19.0. The van der Waals surface area contributed by atoms with Crippen molar-refractivity contribution < 1.29 is 14.2 Å². The van der Waals surface area contributed by atoms with Gasteiger partial charge < -0.3 is 20.1 Å². The number of anilines is 3. The van der Waals surface area contributed by atoms with Crippen molar-refractivity contribution in [2.75, 3.05) is 36.5 Å². The first-order chi connectivity index (χ1) is 19.4. The molecule has 1 aliphatic heterocycles. The minimum atomic E-state index is -0.495. The molecule has 0 saturated carbocycles. The SMILES string of the molecule is CC(C)c1cc(Nc2cccc(-c3cccc(O)c3)c2)c(Cl)cc1CN=Nc1ncc(F)c(N2CCOCC2)n1. The van der Waals surface area contributed by atoms with Gasteiger partial charge >= 0.3 is 0 Å². The largest absolute Gasteiger partial charge is 0.508 e. The van der Waals surface area contributed by atoms with Crippen molar-refractivity contribution in [3.05, 3.63) is 88.8 Å². The Bertz CT molecular complexity index is 1520. The summed E-state index contributed by atoms with van der Waals surface area (Å²) in [4.78, 5) is 10.1. The first kappa shape index (κ1) is 27.5. The van der Waals surface area contributed by atoms with Gasteiger partial charge in [0.15, 0.2) is 11.6 Å². The summed E-state index contributed by atoms with van der Waals surface area (Å²) in [6.07, 6.45) is 1.12. The molecule has 40 heavy (non-hydrogen) atoms. The van der Waals surface area contributed by atoms with Crippen molar-refractivity contribution in [3.63, 3.8) is 0 Å². The molecule has 0 amide bonds. The lowest BCUT2D eigenvalue weighted by atomic mass is 9.96. The summed E-state index contributed by atoms with van der Waals surface area (Å²) in [5.74, 6) is 0.241. The van der Waals surface area contributed by atoms with Crippen LogP contribution >= 0.6 is 11.6 Å². The van der Waals surface area contributed by atoms with Gasteiger partial charge in [-0.05, 0) is 64.6 Å². The van der Waals surface area contributed by atoms with E-state index in [1.54, 1.807) is 12.1 Å². The monoisotopic (exact) mass is 560 g/mol. The molecule has 1 aromatic heterocycles. The van der Waals surface area contributed by atoms with E-state index >= 15 is 0 Å². The number of phenolic OH excluding ortho intramolecular Hbond substituents is 1. The smallest absolute Gasteiger partial charge is 0.270 e. The van der Waals surface area contributed by atoms with Gasteiger partial charge in [0, 0.05) is 18.8 Å². The highest BCUT2D eigenvalue weighted by Gasteiger charge is 2.18. The highest BCUT2D eigenvalue weighted by Crippen LogP contribution is 2.34. The Labute approximate surface area is 237 Å². The molecule has 1 saturated heterocycles. The van der Waals surface area contributed by atoms with E-state index < -0.39 is 5.82 Å². The van der Waals surface area contributed by atoms with Crippen LogP contribution in [-0.2, 0) is 11.3 Å². The fourth-order valence-corrected chi connectivity index (χ4v) is 4.82. The van der Waals surface area contributed by atoms with Crippen molar-refractivity contribution >= 4 is 34.7 Å². The molecule has 0 atom stereocenters. The van der Waals surface area contributed by atoms with E-state index in [1.807, 2.05) is 53.4 Å². The van der Waals surface area contributed by atoms with Crippen LogP contribution in [0.4, 0.5) is 27.5 Å². The van der Waals surface area contributed by atoms with Crippen LogP contribution in [0.5, 0.6) is 5.75 Å². The number of morpholine rings is 1.